The first-order valence-corrected chi connectivity index (χ1v) is 9.65. The number of rotatable bonds is 3. The standard InChI is InChI=1S/C20H26N4O2/c1-14-7-9-15(10-8-14)18-22-23-19(26-18)16-11-12-24(13-16)20(25)21-17-5-3-2-4-6-17/h7-10,16-17H,2-6,11-13H2,1H3,(H,21,25)/t16-/m0/s1. The zero-order valence-corrected chi connectivity index (χ0v) is 15.3. The fourth-order valence-corrected chi connectivity index (χ4v) is 3.87. The monoisotopic (exact) mass is 354 g/mol. The summed E-state index contributed by atoms with van der Waals surface area (Å²) in [5.74, 6) is 1.30. The second kappa shape index (κ2) is 7.48. The van der Waals surface area contributed by atoms with E-state index in [1.165, 1.54) is 24.8 Å². The molecule has 26 heavy (non-hydrogen) atoms. The molecule has 6 heteroatoms. The lowest BCUT2D eigenvalue weighted by molar-refractivity contribution is 0.199. The van der Waals surface area contributed by atoms with E-state index in [-0.39, 0.29) is 11.9 Å². The third-order valence-electron chi connectivity index (χ3n) is 5.50. The van der Waals surface area contributed by atoms with E-state index in [9.17, 15) is 4.79 Å². The third-order valence-corrected chi connectivity index (χ3v) is 5.50. The van der Waals surface area contributed by atoms with Crippen molar-refractivity contribution in [3.05, 3.63) is 35.7 Å². The van der Waals surface area contributed by atoms with Gasteiger partial charge in [-0.2, -0.15) is 0 Å². The molecular formula is C20H26N4O2. The number of benzene rings is 1. The number of likely N-dealkylation sites (tertiary alicyclic amines) is 1. The number of hydrogen-bond acceptors (Lipinski definition) is 4. The van der Waals surface area contributed by atoms with Crippen LogP contribution in [0.1, 0.15) is 55.9 Å². The summed E-state index contributed by atoms with van der Waals surface area (Å²) in [6.07, 6.45) is 6.81. The lowest BCUT2D eigenvalue weighted by Crippen LogP contribution is -2.44. The molecule has 0 radical (unpaired) electrons. The predicted octanol–water partition coefficient (Wildman–Crippen LogP) is 3.88. The van der Waals surface area contributed by atoms with Crippen LogP contribution in [0, 0.1) is 6.92 Å². The van der Waals surface area contributed by atoms with Crippen LogP contribution < -0.4 is 5.32 Å². The smallest absolute Gasteiger partial charge is 0.317 e. The van der Waals surface area contributed by atoms with Gasteiger partial charge in [0.1, 0.15) is 0 Å². The number of nitrogens with one attached hydrogen (secondary N) is 1. The van der Waals surface area contributed by atoms with Crippen molar-refractivity contribution in [3.8, 4) is 11.5 Å². The summed E-state index contributed by atoms with van der Waals surface area (Å²) < 4.78 is 5.89. The largest absolute Gasteiger partial charge is 0.420 e. The number of urea groups is 1. The number of amides is 2. The van der Waals surface area contributed by atoms with E-state index in [1.807, 2.05) is 29.2 Å². The van der Waals surface area contributed by atoms with Crippen molar-refractivity contribution < 1.29 is 9.21 Å². The molecule has 2 amide bonds. The van der Waals surface area contributed by atoms with Gasteiger partial charge < -0.3 is 14.6 Å². The first-order chi connectivity index (χ1) is 12.7. The highest BCUT2D eigenvalue weighted by atomic mass is 16.4. The summed E-state index contributed by atoms with van der Waals surface area (Å²) >= 11 is 0. The summed E-state index contributed by atoms with van der Waals surface area (Å²) in [7, 11) is 0. The van der Waals surface area contributed by atoms with Gasteiger partial charge in [0.25, 0.3) is 0 Å². The molecule has 0 bridgehead atoms. The van der Waals surface area contributed by atoms with Crippen LogP contribution in [0.2, 0.25) is 0 Å². The highest BCUT2D eigenvalue weighted by molar-refractivity contribution is 5.75. The fourth-order valence-electron chi connectivity index (χ4n) is 3.87. The molecule has 2 aromatic rings. The Kier molecular flexibility index (Phi) is 4.91. The Morgan fingerprint density at radius 3 is 2.65 bits per heavy atom. The zero-order chi connectivity index (χ0) is 17.9. The third kappa shape index (κ3) is 3.74. The molecule has 2 aliphatic rings. The molecule has 138 valence electrons. The van der Waals surface area contributed by atoms with E-state index in [4.69, 9.17) is 4.42 Å². The maximum Gasteiger partial charge on any atom is 0.317 e. The number of aryl methyl sites for hydroxylation is 1. The summed E-state index contributed by atoms with van der Waals surface area (Å²) in [6.45, 7) is 3.44. The summed E-state index contributed by atoms with van der Waals surface area (Å²) in [5, 5.41) is 11.6. The highest BCUT2D eigenvalue weighted by Gasteiger charge is 2.32. The summed E-state index contributed by atoms with van der Waals surface area (Å²) in [4.78, 5) is 14.4. The Hall–Kier alpha value is -2.37. The maximum atomic E-state index is 12.5. The SMILES string of the molecule is Cc1ccc(-c2nnc([C@H]3CCN(C(=O)NC4CCCCC4)C3)o2)cc1. The average molecular weight is 354 g/mol. The Morgan fingerprint density at radius 1 is 1.12 bits per heavy atom. The van der Waals surface area contributed by atoms with Crippen molar-refractivity contribution >= 4 is 6.03 Å². The molecule has 0 spiro atoms. The van der Waals surface area contributed by atoms with Gasteiger partial charge in [0.2, 0.25) is 11.8 Å². The molecule has 6 nitrogen and oxygen atoms in total. The van der Waals surface area contributed by atoms with Crippen molar-refractivity contribution in [2.75, 3.05) is 13.1 Å². The lowest BCUT2D eigenvalue weighted by atomic mass is 9.96. The van der Waals surface area contributed by atoms with Crippen LogP contribution in [0.4, 0.5) is 4.79 Å². The molecule has 1 aliphatic carbocycles. The van der Waals surface area contributed by atoms with Crippen molar-refractivity contribution in [3.63, 3.8) is 0 Å². The molecule has 2 heterocycles. The second-order valence-corrected chi connectivity index (χ2v) is 7.53. The molecule has 4 rings (SSSR count). The van der Waals surface area contributed by atoms with Crippen LogP contribution in [0.3, 0.4) is 0 Å². The van der Waals surface area contributed by atoms with Crippen LogP contribution in [0.5, 0.6) is 0 Å². The molecule has 1 aromatic carbocycles. The van der Waals surface area contributed by atoms with Gasteiger partial charge in [-0.25, -0.2) is 4.79 Å². The van der Waals surface area contributed by atoms with E-state index in [0.29, 0.717) is 24.4 Å². The first-order valence-electron chi connectivity index (χ1n) is 9.65. The Labute approximate surface area is 154 Å². The number of carbonyl (C=O) groups excluding carboxylic acids is 1. The van der Waals surface area contributed by atoms with E-state index in [2.05, 4.69) is 22.4 Å². The minimum absolute atomic E-state index is 0.0534. The van der Waals surface area contributed by atoms with Crippen molar-refractivity contribution in [1.82, 2.24) is 20.4 Å². The van der Waals surface area contributed by atoms with Gasteiger partial charge in [-0.05, 0) is 38.3 Å². The average Bonchev–Trinajstić information content (AvgIpc) is 3.33. The van der Waals surface area contributed by atoms with Gasteiger partial charge in [0, 0.05) is 24.7 Å². The molecule has 1 aromatic heterocycles. The quantitative estimate of drug-likeness (QED) is 0.908. The van der Waals surface area contributed by atoms with E-state index >= 15 is 0 Å². The van der Waals surface area contributed by atoms with E-state index in [0.717, 1.165) is 31.4 Å². The molecular weight excluding hydrogens is 328 g/mol. The van der Waals surface area contributed by atoms with E-state index < -0.39 is 0 Å². The first kappa shape index (κ1) is 17.1. The minimum Gasteiger partial charge on any atom is -0.420 e. The van der Waals surface area contributed by atoms with Gasteiger partial charge >= 0.3 is 6.03 Å². The number of carbonyl (C=O) groups is 1. The van der Waals surface area contributed by atoms with Gasteiger partial charge in [-0.15, -0.1) is 10.2 Å². The van der Waals surface area contributed by atoms with Gasteiger partial charge in [0.05, 0.1) is 5.92 Å². The van der Waals surface area contributed by atoms with Gasteiger partial charge in [-0.3, -0.25) is 0 Å². The Morgan fingerprint density at radius 2 is 1.88 bits per heavy atom. The maximum absolute atomic E-state index is 12.5. The molecule has 1 saturated heterocycles. The van der Waals surface area contributed by atoms with Crippen LogP contribution >= 0.6 is 0 Å². The number of aromatic nitrogens is 2. The van der Waals surface area contributed by atoms with Crippen LogP contribution in [0.15, 0.2) is 28.7 Å². The summed E-state index contributed by atoms with van der Waals surface area (Å²) in [6, 6.07) is 8.44. The second-order valence-electron chi connectivity index (χ2n) is 7.53. The Balaban J connectivity index is 1.36. The van der Waals surface area contributed by atoms with E-state index in [1.54, 1.807) is 0 Å². The zero-order valence-electron chi connectivity index (χ0n) is 15.3. The van der Waals surface area contributed by atoms with Crippen LogP contribution in [0.25, 0.3) is 11.5 Å². The lowest BCUT2D eigenvalue weighted by Gasteiger charge is -2.26. The molecule has 1 N–H and O–H groups in total. The summed E-state index contributed by atoms with van der Waals surface area (Å²) in [5.41, 5.74) is 2.13. The molecule has 1 aliphatic heterocycles. The fraction of sp³-hybridized carbons (Fsp3) is 0.550. The van der Waals surface area contributed by atoms with Gasteiger partial charge in [-0.1, -0.05) is 37.0 Å². The van der Waals surface area contributed by atoms with Crippen molar-refractivity contribution in [1.29, 1.82) is 0 Å². The van der Waals surface area contributed by atoms with Crippen molar-refractivity contribution in [2.24, 2.45) is 0 Å². The Bertz CT molecular complexity index is 749. The molecule has 1 atom stereocenters. The van der Waals surface area contributed by atoms with Crippen LogP contribution in [-0.2, 0) is 0 Å². The minimum atomic E-state index is 0.0534. The van der Waals surface area contributed by atoms with Crippen molar-refractivity contribution in [2.45, 2.75) is 57.4 Å². The highest BCUT2D eigenvalue weighted by Crippen LogP contribution is 2.29. The normalized spacial score (nSPS) is 21.1. The number of nitrogens with zero attached hydrogens (tertiary/aromatic N) is 3. The number of hydrogen-bond donors (Lipinski definition) is 1. The molecule has 0 unspecified atom stereocenters. The predicted molar refractivity (Wildman–Crippen MR) is 98.8 cm³/mol. The molecule has 2 fully saturated rings. The van der Waals surface area contributed by atoms with Crippen LogP contribution in [-0.4, -0.2) is 40.3 Å². The molecule has 1 saturated carbocycles. The van der Waals surface area contributed by atoms with Gasteiger partial charge in [0.15, 0.2) is 0 Å². The topological polar surface area (TPSA) is 71.3 Å².